The van der Waals surface area contributed by atoms with Crippen LogP contribution >= 0.6 is 66.1 Å². The van der Waals surface area contributed by atoms with Crippen LogP contribution in [0.1, 0.15) is 0 Å². The lowest BCUT2D eigenvalue weighted by atomic mass is 10.3. The Hall–Kier alpha value is -0.730. The van der Waals surface area contributed by atoms with Crippen LogP contribution in [0.5, 0.6) is 0 Å². The summed E-state index contributed by atoms with van der Waals surface area (Å²) in [7, 11) is 0. The van der Waals surface area contributed by atoms with Crippen LogP contribution in [-0.4, -0.2) is 9.97 Å². The lowest BCUT2D eigenvalue weighted by molar-refractivity contribution is 1.37. The molecule has 0 atom stereocenters. The lowest BCUT2D eigenvalue weighted by Gasteiger charge is -1.93. The number of nitrogens with zero attached hydrogens (tertiary/aromatic N) is 2. The zero-order chi connectivity index (χ0) is 15.7. The molecule has 0 amide bonds. The van der Waals surface area contributed by atoms with Gasteiger partial charge >= 0.3 is 0 Å². The fraction of sp³-hybridized carbons (Fsp3) is 0. The van der Waals surface area contributed by atoms with E-state index in [1.54, 1.807) is 35.1 Å². The maximum absolute atomic E-state index is 5.87. The van der Waals surface area contributed by atoms with E-state index in [4.69, 9.17) is 17.3 Å². The molecule has 0 radical (unpaired) electrons. The van der Waals surface area contributed by atoms with Crippen LogP contribution in [0.2, 0.25) is 5.15 Å². The summed E-state index contributed by atoms with van der Waals surface area (Å²) in [5.41, 5.74) is 5.67. The zero-order valence-electron chi connectivity index (χ0n) is 10.9. The van der Waals surface area contributed by atoms with Gasteiger partial charge in [0.1, 0.15) is 11.0 Å². The van der Waals surface area contributed by atoms with E-state index < -0.39 is 0 Å². The van der Waals surface area contributed by atoms with Crippen molar-refractivity contribution in [1.82, 2.24) is 9.97 Å². The molecule has 0 saturated heterocycles. The normalized spacial score (nSPS) is 10.7. The van der Waals surface area contributed by atoms with E-state index in [1.807, 2.05) is 22.9 Å². The number of fused-ring (bicyclic) bond motifs is 2. The van der Waals surface area contributed by atoms with E-state index in [0.29, 0.717) is 11.0 Å². The summed E-state index contributed by atoms with van der Waals surface area (Å²) in [6, 6.07) is 3.91. The molecule has 3 nitrogen and oxygen atoms in total. The smallest absolute Gasteiger partial charge is 0.138 e. The van der Waals surface area contributed by atoms with E-state index in [0.717, 1.165) is 24.4 Å². The molecule has 0 fully saturated rings. The molecule has 4 aromatic rings. The van der Waals surface area contributed by atoms with Crippen LogP contribution < -0.4 is 5.73 Å². The molecular weight excluding hydrogens is 470 g/mol. The standard InChI is InChI=1S/C7H3BrClNS.C7H5BrN2S/c2*8-4-3-11-5-1-2-10-7(9)6(4)5/h1-3H;1-3H,(H2,9,10). The van der Waals surface area contributed by atoms with Gasteiger partial charge in [-0.05, 0) is 44.0 Å². The second-order valence-corrected chi connectivity index (χ2v) is 8.10. The summed E-state index contributed by atoms with van der Waals surface area (Å²) in [4.78, 5) is 7.98. The number of pyridine rings is 2. The van der Waals surface area contributed by atoms with Crippen LogP contribution in [0.25, 0.3) is 20.2 Å². The molecule has 0 bridgehead atoms. The molecule has 112 valence electrons. The van der Waals surface area contributed by atoms with Crippen LogP contribution in [-0.2, 0) is 0 Å². The van der Waals surface area contributed by atoms with Gasteiger partial charge in [-0.1, -0.05) is 11.6 Å². The van der Waals surface area contributed by atoms with Gasteiger partial charge in [-0.3, -0.25) is 0 Å². The van der Waals surface area contributed by atoms with Crippen molar-refractivity contribution in [3.63, 3.8) is 0 Å². The molecule has 0 aromatic carbocycles. The Morgan fingerprint density at radius 1 is 0.909 bits per heavy atom. The lowest BCUT2D eigenvalue weighted by Crippen LogP contribution is -1.88. The Bertz CT molecular complexity index is 874. The highest BCUT2D eigenvalue weighted by molar-refractivity contribution is 9.11. The number of thiophene rings is 2. The molecule has 4 rings (SSSR count). The summed E-state index contributed by atoms with van der Waals surface area (Å²) in [5, 5.41) is 6.63. The van der Waals surface area contributed by atoms with Gasteiger partial charge in [-0.2, -0.15) is 0 Å². The van der Waals surface area contributed by atoms with Gasteiger partial charge < -0.3 is 5.73 Å². The minimum atomic E-state index is 0.565. The van der Waals surface area contributed by atoms with Gasteiger partial charge in [-0.25, -0.2) is 9.97 Å². The van der Waals surface area contributed by atoms with E-state index in [1.165, 1.54) is 4.70 Å². The average Bonchev–Trinajstić information content (AvgIpc) is 3.06. The monoisotopic (exact) mass is 475 g/mol. The molecule has 4 heterocycles. The second kappa shape index (κ2) is 6.80. The van der Waals surface area contributed by atoms with Crippen molar-refractivity contribution in [2.45, 2.75) is 0 Å². The number of aromatic nitrogens is 2. The van der Waals surface area contributed by atoms with Crippen molar-refractivity contribution >= 4 is 92.1 Å². The minimum Gasteiger partial charge on any atom is -0.383 e. The molecule has 4 aromatic heterocycles. The highest BCUT2D eigenvalue weighted by Crippen LogP contribution is 2.34. The van der Waals surface area contributed by atoms with Crippen molar-refractivity contribution in [1.29, 1.82) is 0 Å². The van der Waals surface area contributed by atoms with Crippen molar-refractivity contribution in [3.05, 3.63) is 49.4 Å². The third-order valence-electron chi connectivity index (χ3n) is 2.86. The van der Waals surface area contributed by atoms with Crippen molar-refractivity contribution in [3.8, 4) is 0 Å². The predicted molar refractivity (Wildman–Crippen MR) is 104 cm³/mol. The summed E-state index contributed by atoms with van der Waals surface area (Å²) in [5.74, 6) is 0.593. The van der Waals surface area contributed by atoms with E-state index in [2.05, 4.69) is 41.8 Å². The first kappa shape index (κ1) is 16.1. The Labute approximate surface area is 156 Å². The highest BCUT2D eigenvalue weighted by atomic mass is 79.9. The van der Waals surface area contributed by atoms with Crippen molar-refractivity contribution in [2.75, 3.05) is 5.73 Å². The van der Waals surface area contributed by atoms with Crippen molar-refractivity contribution < 1.29 is 0 Å². The molecule has 22 heavy (non-hydrogen) atoms. The van der Waals surface area contributed by atoms with Gasteiger partial charge in [0.25, 0.3) is 0 Å². The van der Waals surface area contributed by atoms with E-state index in [9.17, 15) is 0 Å². The average molecular weight is 478 g/mol. The quantitative estimate of drug-likeness (QED) is 0.300. The number of anilines is 1. The topological polar surface area (TPSA) is 51.8 Å². The third kappa shape index (κ3) is 3.14. The fourth-order valence-corrected chi connectivity index (χ4v) is 5.58. The van der Waals surface area contributed by atoms with Crippen molar-refractivity contribution in [2.24, 2.45) is 0 Å². The van der Waals surface area contributed by atoms with Crippen LogP contribution in [0, 0.1) is 0 Å². The fourth-order valence-electron chi connectivity index (χ4n) is 1.88. The molecule has 0 aliphatic rings. The Balaban J connectivity index is 0.000000131. The maximum Gasteiger partial charge on any atom is 0.138 e. The number of halogens is 3. The Morgan fingerprint density at radius 3 is 2.05 bits per heavy atom. The first-order valence-corrected chi connectivity index (χ1v) is 9.74. The number of hydrogen-bond acceptors (Lipinski definition) is 5. The molecule has 0 aliphatic heterocycles. The molecule has 0 aliphatic carbocycles. The van der Waals surface area contributed by atoms with Gasteiger partial charge in [0, 0.05) is 52.3 Å². The Morgan fingerprint density at radius 2 is 1.45 bits per heavy atom. The molecule has 8 heteroatoms. The number of hydrogen-bond donors (Lipinski definition) is 1. The first-order chi connectivity index (χ1) is 10.6. The molecular formula is C14H8Br2ClN3S2. The highest BCUT2D eigenvalue weighted by Gasteiger charge is 2.05. The second-order valence-electron chi connectivity index (χ2n) is 4.21. The van der Waals surface area contributed by atoms with Gasteiger partial charge in [0.2, 0.25) is 0 Å². The van der Waals surface area contributed by atoms with Gasteiger partial charge in [0.15, 0.2) is 0 Å². The molecule has 0 spiro atoms. The first-order valence-electron chi connectivity index (χ1n) is 6.02. The number of nitrogens with two attached hydrogens (primary N) is 1. The van der Waals surface area contributed by atoms with Gasteiger partial charge in [-0.15, -0.1) is 22.7 Å². The minimum absolute atomic E-state index is 0.565. The van der Waals surface area contributed by atoms with Gasteiger partial charge in [0.05, 0.1) is 0 Å². The van der Waals surface area contributed by atoms with E-state index in [-0.39, 0.29) is 0 Å². The summed E-state index contributed by atoms with van der Waals surface area (Å²) in [6.07, 6.45) is 3.44. The summed E-state index contributed by atoms with van der Waals surface area (Å²) < 4.78 is 4.39. The predicted octanol–water partition coefficient (Wildman–Crippen LogP) is 6.35. The maximum atomic E-state index is 5.87. The molecule has 0 unspecified atom stereocenters. The molecule has 2 N–H and O–H groups in total. The van der Waals surface area contributed by atoms with Crippen LogP contribution in [0.4, 0.5) is 5.82 Å². The zero-order valence-corrected chi connectivity index (χ0v) is 16.4. The third-order valence-corrected chi connectivity index (χ3v) is 6.90. The van der Waals surface area contributed by atoms with E-state index >= 15 is 0 Å². The summed E-state index contributed by atoms with van der Waals surface area (Å²) in [6.45, 7) is 0. The molecule has 0 saturated carbocycles. The Kier molecular flexibility index (Phi) is 4.99. The summed E-state index contributed by atoms with van der Waals surface area (Å²) >= 11 is 16.0. The van der Waals surface area contributed by atoms with Crippen LogP contribution in [0.3, 0.4) is 0 Å². The van der Waals surface area contributed by atoms with Crippen LogP contribution in [0.15, 0.2) is 44.2 Å². The number of nitrogen functional groups attached to an aromatic ring is 1. The SMILES string of the molecule is Clc1nccc2scc(Br)c12.Nc1nccc2scc(Br)c12. The largest absolute Gasteiger partial charge is 0.383 e. The number of rotatable bonds is 0.